The van der Waals surface area contributed by atoms with Gasteiger partial charge in [-0.3, -0.25) is 19.8 Å². The Kier molecular flexibility index (Phi) is 6.28. The predicted molar refractivity (Wildman–Crippen MR) is 91.9 cm³/mol. The second-order valence-electron chi connectivity index (χ2n) is 6.41. The summed E-state index contributed by atoms with van der Waals surface area (Å²) < 4.78 is 0. The molecule has 1 amide bonds. The average Bonchev–Trinajstić information content (AvgIpc) is 2.54. The van der Waals surface area contributed by atoms with E-state index in [1.807, 2.05) is 0 Å². The van der Waals surface area contributed by atoms with Crippen molar-refractivity contribution in [3.63, 3.8) is 0 Å². The SMILES string of the molecule is Cc1c(NC(=O)CCN2CCCC(C)C2CO)cccc1[N+](=O)[O-]. The number of piperidine rings is 1. The number of hydrogen-bond acceptors (Lipinski definition) is 5. The Morgan fingerprint density at radius 2 is 2.25 bits per heavy atom. The second kappa shape index (κ2) is 8.21. The minimum absolute atomic E-state index is 0.00185. The number of nitro benzene ring substituents is 1. The number of rotatable bonds is 6. The van der Waals surface area contributed by atoms with Gasteiger partial charge in [-0.15, -0.1) is 0 Å². The highest BCUT2D eigenvalue weighted by Gasteiger charge is 2.27. The molecule has 1 aliphatic rings. The van der Waals surface area contributed by atoms with Gasteiger partial charge in [0.25, 0.3) is 5.69 Å². The average molecular weight is 335 g/mol. The maximum atomic E-state index is 12.2. The lowest BCUT2D eigenvalue weighted by Gasteiger charge is -2.38. The molecule has 7 heteroatoms. The summed E-state index contributed by atoms with van der Waals surface area (Å²) in [4.78, 5) is 24.9. The summed E-state index contributed by atoms with van der Waals surface area (Å²) in [5.74, 6) is 0.249. The number of carbonyl (C=O) groups is 1. The molecule has 1 aliphatic heterocycles. The van der Waals surface area contributed by atoms with E-state index in [1.165, 1.54) is 6.07 Å². The summed E-state index contributed by atoms with van der Waals surface area (Å²) in [5, 5.41) is 23.3. The van der Waals surface area contributed by atoms with Gasteiger partial charge in [0.05, 0.1) is 22.8 Å². The molecule has 132 valence electrons. The summed E-state index contributed by atoms with van der Waals surface area (Å²) in [6.07, 6.45) is 2.47. The van der Waals surface area contributed by atoms with Gasteiger partial charge in [0.1, 0.15) is 0 Å². The van der Waals surface area contributed by atoms with Crippen LogP contribution in [-0.4, -0.2) is 46.6 Å². The number of nitro groups is 1. The van der Waals surface area contributed by atoms with Crippen molar-refractivity contribution in [2.24, 2.45) is 5.92 Å². The third-order valence-corrected chi connectivity index (χ3v) is 4.82. The van der Waals surface area contributed by atoms with E-state index in [0.29, 0.717) is 30.1 Å². The first-order chi connectivity index (χ1) is 11.4. The molecule has 0 aliphatic carbocycles. The van der Waals surface area contributed by atoms with Crippen molar-refractivity contribution in [3.8, 4) is 0 Å². The summed E-state index contributed by atoms with van der Waals surface area (Å²) in [6.45, 7) is 5.32. The van der Waals surface area contributed by atoms with Crippen LogP contribution in [0.3, 0.4) is 0 Å². The highest BCUT2D eigenvalue weighted by Crippen LogP contribution is 2.26. The fourth-order valence-electron chi connectivity index (χ4n) is 3.32. The molecule has 1 aromatic carbocycles. The number of anilines is 1. The predicted octanol–water partition coefficient (Wildman–Crippen LogP) is 2.32. The maximum absolute atomic E-state index is 12.2. The monoisotopic (exact) mass is 335 g/mol. The molecule has 1 saturated heterocycles. The van der Waals surface area contributed by atoms with Crippen LogP contribution in [0.4, 0.5) is 11.4 Å². The van der Waals surface area contributed by atoms with Crippen molar-refractivity contribution in [2.75, 3.05) is 25.0 Å². The van der Waals surface area contributed by atoms with Crippen molar-refractivity contribution in [2.45, 2.75) is 39.2 Å². The van der Waals surface area contributed by atoms with Gasteiger partial charge >= 0.3 is 0 Å². The molecule has 1 aromatic rings. The molecule has 2 rings (SSSR count). The number of nitrogens with one attached hydrogen (secondary N) is 1. The zero-order valence-electron chi connectivity index (χ0n) is 14.2. The van der Waals surface area contributed by atoms with Crippen LogP contribution >= 0.6 is 0 Å². The van der Waals surface area contributed by atoms with E-state index in [-0.39, 0.29) is 24.2 Å². The Morgan fingerprint density at radius 1 is 1.50 bits per heavy atom. The van der Waals surface area contributed by atoms with Crippen LogP contribution in [-0.2, 0) is 4.79 Å². The fraction of sp³-hybridized carbons (Fsp3) is 0.588. The topological polar surface area (TPSA) is 95.7 Å². The van der Waals surface area contributed by atoms with Gasteiger partial charge in [-0.1, -0.05) is 13.0 Å². The van der Waals surface area contributed by atoms with Crippen LogP contribution in [0.1, 0.15) is 31.7 Å². The van der Waals surface area contributed by atoms with E-state index < -0.39 is 4.92 Å². The smallest absolute Gasteiger partial charge is 0.274 e. The normalized spacial score (nSPS) is 21.5. The highest BCUT2D eigenvalue weighted by molar-refractivity contribution is 5.92. The van der Waals surface area contributed by atoms with Crippen molar-refractivity contribution >= 4 is 17.3 Å². The standard InChI is InChI=1S/C17H25N3O4/c1-12-5-4-9-19(16(12)11-21)10-8-17(22)18-14-6-3-7-15(13(14)2)20(23)24/h3,6-7,12,16,21H,4-5,8-11H2,1-2H3,(H,18,22). The minimum Gasteiger partial charge on any atom is -0.395 e. The number of hydrogen-bond donors (Lipinski definition) is 2. The van der Waals surface area contributed by atoms with Crippen molar-refractivity contribution in [3.05, 3.63) is 33.9 Å². The summed E-state index contributed by atoms with van der Waals surface area (Å²) in [7, 11) is 0. The fourth-order valence-corrected chi connectivity index (χ4v) is 3.32. The first-order valence-corrected chi connectivity index (χ1v) is 8.32. The number of nitrogens with zero attached hydrogens (tertiary/aromatic N) is 2. The Labute approximate surface area is 141 Å². The summed E-state index contributed by atoms with van der Waals surface area (Å²) in [5.41, 5.74) is 0.925. The molecule has 2 unspecified atom stereocenters. The Balaban J connectivity index is 1.94. The van der Waals surface area contributed by atoms with E-state index >= 15 is 0 Å². The Hall–Kier alpha value is -1.99. The Bertz CT molecular complexity index is 605. The van der Waals surface area contributed by atoms with Crippen molar-refractivity contribution < 1.29 is 14.8 Å². The minimum atomic E-state index is -0.452. The first-order valence-electron chi connectivity index (χ1n) is 8.32. The van der Waals surface area contributed by atoms with Gasteiger partial charge < -0.3 is 10.4 Å². The van der Waals surface area contributed by atoms with Crippen molar-refractivity contribution in [1.29, 1.82) is 0 Å². The third-order valence-electron chi connectivity index (χ3n) is 4.82. The molecular weight excluding hydrogens is 310 g/mol. The number of amides is 1. The van der Waals surface area contributed by atoms with Gasteiger partial charge in [0, 0.05) is 25.1 Å². The lowest BCUT2D eigenvalue weighted by molar-refractivity contribution is -0.385. The highest BCUT2D eigenvalue weighted by atomic mass is 16.6. The molecule has 0 aromatic heterocycles. The molecule has 0 saturated carbocycles. The number of likely N-dealkylation sites (tertiary alicyclic amines) is 1. The molecule has 1 fully saturated rings. The van der Waals surface area contributed by atoms with E-state index in [1.54, 1.807) is 19.1 Å². The van der Waals surface area contributed by atoms with E-state index in [0.717, 1.165) is 19.4 Å². The number of aliphatic hydroxyl groups is 1. The number of benzene rings is 1. The summed E-state index contributed by atoms with van der Waals surface area (Å²) in [6, 6.07) is 4.76. The molecule has 0 radical (unpaired) electrons. The molecule has 7 nitrogen and oxygen atoms in total. The van der Waals surface area contributed by atoms with Crippen LogP contribution in [0.15, 0.2) is 18.2 Å². The summed E-state index contributed by atoms with van der Waals surface area (Å²) >= 11 is 0. The van der Waals surface area contributed by atoms with Gasteiger partial charge in [0.2, 0.25) is 5.91 Å². The van der Waals surface area contributed by atoms with Crippen LogP contribution in [0, 0.1) is 23.0 Å². The molecular formula is C17H25N3O4. The molecule has 1 heterocycles. The third kappa shape index (κ3) is 4.30. The molecule has 2 atom stereocenters. The van der Waals surface area contributed by atoms with E-state index in [9.17, 15) is 20.0 Å². The van der Waals surface area contributed by atoms with E-state index in [4.69, 9.17) is 0 Å². The quantitative estimate of drug-likeness (QED) is 0.614. The second-order valence-corrected chi connectivity index (χ2v) is 6.41. The molecule has 2 N–H and O–H groups in total. The lowest BCUT2D eigenvalue weighted by Crippen LogP contribution is -2.47. The largest absolute Gasteiger partial charge is 0.395 e. The van der Waals surface area contributed by atoms with Gasteiger partial charge in [-0.2, -0.15) is 0 Å². The Morgan fingerprint density at radius 3 is 2.92 bits per heavy atom. The van der Waals surface area contributed by atoms with E-state index in [2.05, 4.69) is 17.1 Å². The van der Waals surface area contributed by atoms with Crippen molar-refractivity contribution in [1.82, 2.24) is 4.90 Å². The van der Waals surface area contributed by atoms with Gasteiger partial charge in [-0.25, -0.2) is 0 Å². The van der Waals surface area contributed by atoms with Crippen LogP contribution in [0.2, 0.25) is 0 Å². The molecule has 0 spiro atoms. The molecule has 24 heavy (non-hydrogen) atoms. The van der Waals surface area contributed by atoms with Gasteiger partial charge in [-0.05, 0) is 38.3 Å². The maximum Gasteiger partial charge on any atom is 0.274 e. The first kappa shape index (κ1) is 18.4. The van der Waals surface area contributed by atoms with Crippen LogP contribution < -0.4 is 5.32 Å². The number of aliphatic hydroxyl groups excluding tert-OH is 1. The zero-order chi connectivity index (χ0) is 17.7. The lowest BCUT2D eigenvalue weighted by atomic mass is 9.91. The molecule has 0 bridgehead atoms. The number of carbonyl (C=O) groups excluding carboxylic acids is 1. The van der Waals surface area contributed by atoms with Crippen LogP contribution in [0.5, 0.6) is 0 Å². The van der Waals surface area contributed by atoms with Crippen LogP contribution in [0.25, 0.3) is 0 Å². The van der Waals surface area contributed by atoms with Gasteiger partial charge in [0.15, 0.2) is 0 Å². The zero-order valence-corrected chi connectivity index (χ0v) is 14.2.